The fraction of sp³-hybridized carbons (Fsp3) is 0.737. The Morgan fingerprint density at radius 1 is 0.700 bits per heavy atom. The van der Waals surface area contributed by atoms with Crippen LogP contribution in [0.5, 0.6) is 0 Å². The van der Waals surface area contributed by atoms with Crippen LogP contribution in [0.15, 0.2) is 18.5 Å². The van der Waals surface area contributed by atoms with Crippen molar-refractivity contribution < 1.29 is 4.57 Å². The Labute approximate surface area is 126 Å². The number of nitrogens with zero attached hydrogens (tertiary/aromatic N) is 1. The van der Waals surface area contributed by atoms with Crippen molar-refractivity contribution >= 4 is 0 Å². The van der Waals surface area contributed by atoms with Gasteiger partial charge in [0.15, 0.2) is 12.4 Å². The Morgan fingerprint density at radius 3 is 1.70 bits per heavy atom. The molecule has 1 heteroatoms. The van der Waals surface area contributed by atoms with Gasteiger partial charge in [-0.1, -0.05) is 59.3 Å². The number of unbranched alkanes of at least 4 members (excludes halogenated alkanes) is 7. The summed E-state index contributed by atoms with van der Waals surface area (Å²) in [6.45, 7) is 7.97. The molecule has 1 heterocycles. The number of aryl methyl sites for hydroxylation is 3. The summed E-state index contributed by atoms with van der Waals surface area (Å²) in [5, 5.41) is 0. The van der Waals surface area contributed by atoms with E-state index >= 15 is 0 Å². The normalized spacial score (nSPS) is 10.9. The summed E-state index contributed by atoms with van der Waals surface area (Å²) < 4.78 is 2.41. The predicted molar refractivity (Wildman–Crippen MR) is 88.0 cm³/mol. The minimum atomic E-state index is 1.14. The van der Waals surface area contributed by atoms with E-state index in [0.717, 1.165) is 12.8 Å². The Kier molecular flexibility index (Phi) is 9.36. The van der Waals surface area contributed by atoms with Crippen LogP contribution >= 0.6 is 0 Å². The first kappa shape index (κ1) is 17.2. The van der Waals surface area contributed by atoms with Crippen LogP contribution in [0.2, 0.25) is 0 Å². The second kappa shape index (κ2) is 10.9. The highest BCUT2D eigenvalue weighted by molar-refractivity contribution is 5.14. The lowest BCUT2D eigenvalue weighted by Crippen LogP contribution is -2.34. The molecule has 0 unspecified atom stereocenters. The van der Waals surface area contributed by atoms with Gasteiger partial charge in [-0.15, -0.1) is 0 Å². The van der Waals surface area contributed by atoms with E-state index in [-0.39, 0.29) is 0 Å². The summed E-state index contributed by atoms with van der Waals surface area (Å²) in [6.07, 6.45) is 18.2. The quantitative estimate of drug-likeness (QED) is 0.384. The minimum absolute atomic E-state index is 1.14. The molecule has 0 radical (unpaired) electrons. The fourth-order valence-corrected chi connectivity index (χ4v) is 2.72. The van der Waals surface area contributed by atoms with Crippen molar-refractivity contribution in [2.24, 2.45) is 0 Å². The van der Waals surface area contributed by atoms with Crippen molar-refractivity contribution in [1.82, 2.24) is 0 Å². The third kappa shape index (κ3) is 7.07. The number of hydrogen-bond acceptors (Lipinski definition) is 0. The summed E-state index contributed by atoms with van der Waals surface area (Å²) in [7, 11) is 0. The molecular weight excluding hydrogens is 242 g/mol. The minimum Gasteiger partial charge on any atom is -0.205 e. The van der Waals surface area contributed by atoms with Crippen LogP contribution in [0.1, 0.15) is 83.3 Å². The van der Waals surface area contributed by atoms with E-state index in [1.165, 1.54) is 69.0 Å². The molecule has 0 atom stereocenters. The number of hydrogen-bond donors (Lipinski definition) is 0. The van der Waals surface area contributed by atoms with Crippen LogP contribution in [0.25, 0.3) is 0 Å². The van der Waals surface area contributed by atoms with Gasteiger partial charge < -0.3 is 0 Å². The van der Waals surface area contributed by atoms with Crippen molar-refractivity contribution in [1.29, 1.82) is 0 Å². The average molecular weight is 276 g/mol. The smallest absolute Gasteiger partial charge is 0.171 e. The first-order valence-electron chi connectivity index (χ1n) is 8.82. The first-order valence-corrected chi connectivity index (χ1v) is 8.82. The molecule has 0 amide bonds. The molecule has 0 aliphatic heterocycles. The van der Waals surface area contributed by atoms with Crippen LogP contribution in [0.3, 0.4) is 0 Å². The largest absolute Gasteiger partial charge is 0.205 e. The van der Waals surface area contributed by atoms with E-state index in [9.17, 15) is 0 Å². The SMILES string of the molecule is CCCCCCCCCC[n+]1cc(CC)cc(CC)c1. The molecule has 0 saturated carbocycles. The molecule has 0 N–H and O–H groups in total. The molecule has 0 saturated heterocycles. The Hall–Kier alpha value is -0.850. The highest BCUT2D eigenvalue weighted by Gasteiger charge is 2.05. The lowest BCUT2D eigenvalue weighted by Gasteiger charge is -2.03. The zero-order chi connectivity index (χ0) is 14.6. The van der Waals surface area contributed by atoms with Crippen molar-refractivity contribution in [2.45, 2.75) is 91.5 Å². The second-order valence-corrected chi connectivity index (χ2v) is 5.97. The first-order chi connectivity index (χ1) is 9.80. The second-order valence-electron chi connectivity index (χ2n) is 5.97. The van der Waals surface area contributed by atoms with Gasteiger partial charge in [-0.05, 0) is 25.3 Å². The maximum atomic E-state index is 2.41. The monoisotopic (exact) mass is 276 g/mol. The van der Waals surface area contributed by atoms with Gasteiger partial charge in [0.25, 0.3) is 0 Å². The molecule has 0 aliphatic carbocycles. The van der Waals surface area contributed by atoms with Crippen molar-refractivity contribution in [3.05, 3.63) is 29.6 Å². The van der Waals surface area contributed by atoms with Crippen LogP contribution in [0.4, 0.5) is 0 Å². The molecule has 0 aromatic carbocycles. The molecule has 20 heavy (non-hydrogen) atoms. The molecule has 1 nitrogen and oxygen atoms in total. The van der Waals surface area contributed by atoms with Crippen LogP contribution in [-0.2, 0) is 19.4 Å². The lowest BCUT2D eigenvalue weighted by molar-refractivity contribution is -0.698. The lowest BCUT2D eigenvalue weighted by atomic mass is 10.1. The highest BCUT2D eigenvalue weighted by atomic mass is 14.9. The van der Waals surface area contributed by atoms with Crippen LogP contribution in [-0.4, -0.2) is 0 Å². The molecule has 0 fully saturated rings. The summed E-state index contributed by atoms with van der Waals surface area (Å²) in [6, 6.07) is 2.35. The summed E-state index contributed by atoms with van der Waals surface area (Å²) in [5.74, 6) is 0. The Morgan fingerprint density at radius 2 is 1.20 bits per heavy atom. The topological polar surface area (TPSA) is 3.88 Å². The molecular formula is C19H34N+. The van der Waals surface area contributed by atoms with Gasteiger partial charge in [-0.3, -0.25) is 0 Å². The number of rotatable bonds is 11. The third-order valence-corrected chi connectivity index (χ3v) is 4.12. The fourth-order valence-electron chi connectivity index (χ4n) is 2.72. The van der Waals surface area contributed by atoms with E-state index in [1.54, 1.807) is 0 Å². The van der Waals surface area contributed by atoms with Gasteiger partial charge >= 0.3 is 0 Å². The number of pyridine rings is 1. The standard InChI is InChI=1S/C19H34N/c1-4-7-8-9-10-11-12-13-14-20-16-18(5-2)15-19(6-3)17-20/h15-17H,4-14H2,1-3H3/q+1. The molecule has 1 rings (SSSR count). The maximum absolute atomic E-state index is 2.41. The average Bonchev–Trinajstić information content (AvgIpc) is 2.49. The predicted octanol–water partition coefficient (Wildman–Crippen LogP) is 5.24. The summed E-state index contributed by atoms with van der Waals surface area (Å²) in [5.41, 5.74) is 2.95. The van der Waals surface area contributed by atoms with Gasteiger partial charge in [0.2, 0.25) is 0 Å². The Balaban J connectivity index is 2.21. The van der Waals surface area contributed by atoms with Gasteiger partial charge in [0.1, 0.15) is 6.54 Å². The van der Waals surface area contributed by atoms with E-state index < -0.39 is 0 Å². The van der Waals surface area contributed by atoms with E-state index in [2.05, 4.69) is 43.8 Å². The number of aromatic nitrogens is 1. The summed E-state index contributed by atoms with van der Waals surface area (Å²) in [4.78, 5) is 0. The van der Waals surface area contributed by atoms with E-state index in [4.69, 9.17) is 0 Å². The zero-order valence-corrected chi connectivity index (χ0v) is 14.0. The summed E-state index contributed by atoms with van der Waals surface area (Å²) >= 11 is 0. The van der Waals surface area contributed by atoms with Gasteiger partial charge in [-0.25, -0.2) is 4.57 Å². The van der Waals surface area contributed by atoms with Gasteiger partial charge in [-0.2, -0.15) is 0 Å². The molecule has 0 spiro atoms. The van der Waals surface area contributed by atoms with Crippen molar-refractivity contribution in [3.8, 4) is 0 Å². The highest BCUT2D eigenvalue weighted by Crippen LogP contribution is 2.09. The van der Waals surface area contributed by atoms with E-state index in [0.29, 0.717) is 0 Å². The van der Waals surface area contributed by atoms with Crippen LogP contribution < -0.4 is 4.57 Å². The molecule has 0 aliphatic rings. The molecule has 1 aromatic heterocycles. The third-order valence-electron chi connectivity index (χ3n) is 4.12. The molecule has 114 valence electrons. The van der Waals surface area contributed by atoms with Gasteiger partial charge in [0.05, 0.1) is 0 Å². The molecule has 1 aromatic rings. The Bertz CT molecular complexity index is 335. The molecule has 0 bridgehead atoms. The maximum Gasteiger partial charge on any atom is 0.171 e. The van der Waals surface area contributed by atoms with E-state index in [1.807, 2.05) is 0 Å². The van der Waals surface area contributed by atoms with Crippen LogP contribution in [0, 0.1) is 0 Å². The van der Waals surface area contributed by atoms with Gasteiger partial charge in [0, 0.05) is 17.5 Å². The zero-order valence-electron chi connectivity index (χ0n) is 14.0. The van der Waals surface area contributed by atoms with Crippen molar-refractivity contribution in [2.75, 3.05) is 0 Å². The van der Waals surface area contributed by atoms with Crippen molar-refractivity contribution in [3.63, 3.8) is 0 Å².